The molecule has 0 aromatic rings. The van der Waals surface area contributed by atoms with Gasteiger partial charge in [-0.2, -0.15) is 0 Å². The molecule has 0 heterocycles. The highest BCUT2D eigenvalue weighted by Gasteiger charge is 2.29. The molecule has 82 valence electrons. The maximum atomic E-state index is 11.2. The van der Waals surface area contributed by atoms with Gasteiger partial charge in [0.05, 0.1) is 12.2 Å². The number of aliphatic hydroxyl groups excluding tert-OH is 2. The van der Waals surface area contributed by atoms with Gasteiger partial charge in [0.15, 0.2) is 0 Å². The van der Waals surface area contributed by atoms with Crippen LogP contribution in [0.5, 0.6) is 0 Å². The van der Waals surface area contributed by atoms with Gasteiger partial charge in [-0.3, -0.25) is 4.79 Å². The summed E-state index contributed by atoms with van der Waals surface area (Å²) in [5.41, 5.74) is 0. The molecule has 1 saturated carbocycles. The fraction of sp³-hybridized carbons (Fsp3) is 0.900. The second-order valence-corrected chi connectivity index (χ2v) is 4.10. The van der Waals surface area contributed by atoms with Crippen molar-refractivity contribution in [1.29, 1.82) is 0 Å². The Morgan fingerprint density at radius 1 is 1.50 bits per heavy atom. The molecule has 2 unspecified atom stereocenters. The summed E-state index contributed by atoms with van der Waals surface area (Å²) in [7, 11) is 0. The minimum absolute atomic E-state index is 0.0920. The van der Waals surface area contributed by atoms with Crippen molar-refractivity contribution in [2.45, 2.75) is 44.8 Å². The molecule has 0 radical (unpaired) electrons. The van der Waals surface area contributed by atoms with Crippen molar-refractivity contribution in [1.82, 2.24) is 5.32 Å². The molecule has 0 bridgehead atoms. The van der Waals surface area contributed by atoms with E-state index >= 15 is 0 Å². The SMILES string of the molecule is CC(O)CCC(=O)NCC(O)C1CC1. The molecule has 3 N–H and O–H groups in total. The number of hydrogen-bond donors (Lipinski definition) is 3. The highest BCUT2D eigenvalue weighted by atomic mass is 16.3. The third-order valence-corrected chi connectivity index (χ3v) is 2.46. The van der Waals surface area contributed by atoms with Crippen LogP contribution in [0.2, 0.25) is 0 Å². The highest BCUT2D eigenvalue weighted by molar-refractivity contribution is 5.75. The number of carbonyl (C=O) groups is 1. The molecule has 0 aromatic carbocycles. The Morgan fingerprint density at radius 2 is 2.14 bits per heavy atom. The van der Waals surface area contributed by atoms with Crippen LogP contribution in [0.4, 0.5) is 0 Å². The van der Waals surface area contributed by atoms with Crippen LogP contribution in [-0.2, 0) is 4.79 Å². The zero-order valence-corrected chi connectivity index (χ0v) is 8.57. The van der Waals surface area contributed by atoms with E-state index in [1.165, 1.54) is 0 Å². The average Bonchev–Trinajstić information content (AvgIpc) is 2.93. The van der Waals surface area contributed by atoms with Gasteiger partial charge in [0.25, 0.3) is 0 Å². The molecule has 14 heavy (non-hydrogen) atoms. The molecule has 1 aliphatic carbocycles. The summed E-state index contributed by atoms with van der Waals surface area (Å²) in [6, 6.07) is 0. The molecular weight excluding hydrogens is 182 g/mol. The summed E-state index contributed by atoms with van der Waals surface area (Å²) in [6.07, 6.45) is 2.13. The molecule has 0 saturated heterocycles. The Morgan fingerprint density at radius 3 is 2.64 bits per heavy atom. The minimum atomic E-state index is -0.436. The lowest BCUT2D eigenvalue weighted by atomic mass is 10.2. The van der Waals surface area contributed by atoms with Crippen LogP contribution in [0, 0.1) is 5.92 Å². The molecule has 2 atom stereocenters. The lowest BCUT2D eigenvalue weighted by Gasteiger charge is -2.10. The van der Waals surface area contributed by atoms with E-state index in [1.807, 2.05) is 0 Å². The molecule has 0 spiro atoms. The number of aliphatic hydroxyl groups is 2. The molecule has 4 nitrogen and oxygen atoms in total. The zero-order chi connectivity index (χ0) is 10.6. The van der Waals surface area contributed by atoms with Crippen LogP contribution < -0.4 is 5.32 Å². The van der Waals surface area contributed by atoms with Crippen molar-refractivity contribution < 1.29 is 15.0 Å². The molecule has 1 rings (SSSR count). The summed E-state index contributed by atoms with van der Waals surface area (Å²) in [5, 5.41) is 21.1. The number of rotatable bonds is 6. The van der Waals surface area contributed by atoms with E-state index in [-0.39, 0.29) is 12.0 Å². The van der Waals surface area contributed by atoms with Gasteiger partial charge in [-0.05, 0) is 32.1 Å². The smallest absolute Gasteiger partial charge is 0.220 e. The Bertz CT molecular complexity index is 190. The fourth-order valence-corrected chi connectivity index (χ4v) is 1.29. The summed E-state index contributed by atoms with van der Waals surface area (Å²) < 4.78 is 0. The van der Waals surface area contributed by atoms with Crippen LogP contribution in [0.15, 0.2) is 0 Å². The van der Waals surface area contributed by atoms with E-state index in [2.05, 4.69) is 5.32 Å². The first kappa shape index (κ1) is 11.5. The van der Waals surface area contributed by atoms with Crippen molar-refractivity contribution in [3.8, 4) is 0 Å². The first-order valence-electron chi connectivity index (χ1n) is 5.22. The molecule has 1 amide bonds. The summed E-state index contributed by atoms with van der Waals surface area (Å²) >= 11 is 0. The molecular formula is C10H19NO3. The Balaban J connectivity index is 2.02. The van der Waals surface area contributed by atoms with Crippen molar-refractivity contribution in [3.05, 3.63) is 0 Å². The Hall–Kier alpha value is -0.610. The van der Waals surface area contributed by atoms with E-state index in [9.17, 15) is 9.90 Å². The number of nitrogens with one attached hydrogen (secondary N) is 1. The zero-order valence-electron chi connectivity index (χ0n) is 8.57. The standard InChI is InChI=1S/C10H19NO3/c1-7(12)2-5-10(14)11-6-9(13)8-3-4-8/h7-9,12-13H,2-6H2,1H3,(H,11,14). The predicted octanol–water partition coefficient (Wildman–Crippen LogP) is 0.0345. The molecule has 4 heteroatoms. The predicted molar refractivity (Wildman–Crippen MR) is 52.7 cm³/mol. The van der Waals surface area contributed by atoms with Gasteiger partial charge in [0, 0.05) is 13.0 Å². The average molecular weight is 201 g/mol. The first-order chi connectivity index (χ1) is 6.59. The monoisotopic (exact) mass is 201 g/mol. The quantitative estimate of drug-likeness (QED) is 0.568. The van der Waals surface area contributed by atoms with E-state index in [0.717, 1.165) is 12.8 Å². The van der Waals surface area contributed by atoms with Crippen molar-refractivity contribution in [3.63, 3.8) is 0 Å². The van der Waals surface area contributed by atoms with Gasteiger partial charge in [-0.1, -0.05) is 0 Å². The maximum Gasteiger partial charge on any atom is 0.220 e. The third-order valence-electron chi connectivity index (χ3n) is 2.46. The normalized spacial score (nSPS) is 20.2. The Labute approximate surface area is 84.3 Å². The Kier molecular flexibility index (Phi) is 4.35. The van der Waals surface area contributed by atoms with Gasteiger partial charge in [-0.15, -0.1) is 0 Å². The van der Waals surface area contributed by atoms with Crippen LogP contribution in [0.3, 0.4) is 0 Å². The van der Waals surface area contributed by atoms with Gasteiger partial charge in [0.2, 0.25) is 5.91 Å². The van der Waals surface area contributed by atoms with Crippen LogP contribution in [0.25, 0.3) is 0 Å². The first-order valence-corrected chi connectivity index (χ1v) is 5.22. The van der Waals surface area contributed by atoms with Crippen molar-refractivity contribution in [2.24, 2.45) is 5.92 Å². The van der Waals surface area contributed by atoms with Crippen LogP contribution in [-0.4, -0.2) is 34.9 Å². The minimum Gasteiger partial charge on any atom is -0.393 e. The summed E-state index contributed by atoms with van der Waals surface area (Å²) in [6.45, 7) is 2.01. The fourth-order valence-electron chi connectivity index (χ4n) is 1.29. The lowest BCUT2D eigenvalue weighted by molar-refractivity contribution is -0.122. The number of hydrogen-bond acceptors (Lipinski definition) is 3. The van der Waals surface area contributed by atoms with E-state index < -0.39 is 6.10 Å². The van der Waals surface area contributed by atoms with Gasteiger partial charge in [0.1, 0.15) is 0 Å². The summed E-state index contributed by atoms with van der Waals surface area (Å²) in [5.74, 6) is 0.303. The van der Waals surface area contributed by atoms with E-state index in [1.54, 1.807) is 6.92 Å². The van der Waals surface area contributed by atoms with E-state index in [0.29, 0.717) is 25.3 Å². The van der Waals surface area contributed by atoms with E-state index in [4.69, 9.17) is 5.11 Å². The maximum absolute atomic E-state index is 11.2. The second-order valence-electron chi connectivity index (χ2n) is 4.10. The lowest BCUT2D eigenvalue weighted by Crippen LogP contribution is -2.33. The number of carbonyl (C=O) groups excluding carboxylic acids is 1. The van der Waals surface area contributed by atoms with Crippen molar-refractivity contribution >= 4 is 5.91 Å². The third kappa shape index (κ3) is 4.58. The van der Waals surface area contributed by atoms with Crippen LogP contribution in [0.1, 0.15) is 32.6 Å². The van der Waals surface area contributed by atoms with Crippen molar-refractivity contribution in [2.75, 3.05) is 6.54 Å². The molecule has 1 fully saturated rings. The molecule has 0 aromatic heterocycles. The second kappa shape index (κ2) is 5.32. The number of amides is 1. The summed E-state index contributed by atoms with van der Waals surface area (Å²) in [4.78, 5) is 11.2. The van der Waals surface area contributed by atoms with Crippen LogP contribution >= 0.6 is 0 Å². The largest absolute Gasteiger partial charge is 0.393 e. The van der Waals surface area contributed by atoms with Gasteiger partial charge < -0.3 is 15.5 Å². The highest BCUT2D eigenvalue weighted by Crippen LogP contribution is 2.32. The molecule has 1 aliphatic rings. The van der Waals surface area contributed by atoms with Gasteiger partial charge >= 0.3 is 0 Å². The topological polar surface area (TPSA) is 69.6 Å². The van der Waals surface area contributed by atoms with Gasteiger partial charge in [-0.25, -0.2) is 0 Å². The molecule has 0 aliphatic heterocycles.